The molecule has 3 aromatic rings. The van der Waals surface area contributed by atoms with Crippen molar-refractivity contribution in [2.75, 3.05) is 0 Å². The number of aromatic nitrogens is 1. The van der Waals surface area contributed by atoms with E-state index in [0.717, 1.165) is 22.2 Å². The van der Waals surface area contributed by atoms with E-state index < -0.39 is 53.6 Å². The second-order valence-corrected chi connectivity index (χ2v) is 8.02. The first-order chi connectivity index (χ1) is 15.8. The molecule has 5 nitrogen and oxygen atoms in total. The number of rotatable bonds is 3. The molecule has 11 heteroatoms. The van der Waals surface area contributed by atoms with Gasteiger partial charge in [0, 0.05) is 29.9 Å². The first kappa shape index (κ1) is 23.7. The van der Waals surface area contributed by atoms with E-state index in [1.165, 1.54) is 11.8 Å². The number of alkyl halides is 6. The lowest BCUT2D eigenvalue weighted by molar-refractivity contribution is -0.156. The van der Waals surface area contributed by atoms with Crippen LogP contribution in [0.15, 0.2) is 42.5 Å². The van der Waals surface area contributed by atoms with E-state index in [1.54, 1.807) is 0 Å². The van der Waals surface area contributed by atoms with E-state index in [2.05, 4.69) is 4.98 Å². The summed E-state index contributed by atoms with van der Waals surface area (Å²) < 4.78 is 83.6. The van der Waals surface area contributed by atoms with Gasteiger partial charge in [-0.3, -0.25) is 4.79 Å². The van der Waals surface area contributed by atoms with Crippen LogP contribution >= 0.6 is 0 Å². The van der Waals surface area contributed by atoms with Gasteiger partial charge in [-0.1, -0.05) is 18.2 Å². The van der Waals surface area contributed by atoms with E-state index >= 15 is 0 Å². The van der Waals surface area contributed by atoms with Crippen molar-refractivity contribution in [1.29, 1.82) is 0 Å². The summed E-state index contributed by atoms with van der Waals surface area (Å²) in [6, 6.07) is 7.26. The van der Waals surface area contributed by atoms with Gasteiger partial charge in [-0.15, -0.1) is 0 Å². The number of nitrogens with one attached hydrogen (secondary N) is 1. The lowest BCUT2D eigenvalue weighted by atomic mass is 9.96. The minimum atomic E-state index is -5.01. The molecule has 2 heterocycles. The normalized spacial score (nSPS) is 16.4. The Bertz CT molecular complexity index is 1230. The first-order valence-electron chi connectivity index (χ1n) is 10.1. The van der Waals surface area contributed by atoms with Gasteiger partial charge in [0.05, 0.1) is 17.7 Å². The third kappa shape index (κ3) is 4.59. The van der Waals surface area contributed by atoms with E-state index in [0.29, 0.717) is 12.1 Å². The third-order valence-corrected chi connectivity index (χ3v) is 5.71. The van der Waals surface area contributed by atoms with Gasteiger partial charge in [0.1, 0.15) is 12.6 Å². The second kappa shape index (κ2) is 8.37. The molecule has 1 N–H and O–H groups in total. The number of carbonyl (C=O) groups is 2. The smallest absolute Gasteiger partial charge is 0.416 e. The van der Waals surface area contributed by atoms with Gasteiger partial charge < -0.3 is 14.6 Å². The van der Waals surface area contributed by atoms with Gasteiger partial charge in [-0.05, 0) is 35.4 Å². The molecule has 0 unspecified atom stereocenters. The van der Waals surface area contributed by atoms with Crippen LogP contribution in [0.1, 0.15) is 34.9 Å². The van der Waals surface area contributed by atoms with Gasteiger partial charge in [0.15, 0.2) is 0 Å². The van der Waals surface area contributed by atoms with Crippen molar-refractivity contribution < 1.29 is 40.7 Å². The molecule has 1 atom stereocenters. The molecule has 1 aromatic heterocycles. The quantitative estimate of drug-likeness (QED) is 0.410. The Morgan fingerprint density at radius 1 is 1.03 bits per heavy atom. The molecule has 0 radical (unpaired) electrons. The number of aromatic amines is 1. The molecule has 180 valence electrons. The predicted octanol–water partition coefficient (Wildman–Crippen LogP) is 5.22. The Hall–Kier alpha value is -3.50. The van der Waals surface area contributed by atoms with Gasteiger partial charge >= 0.3 is 18.3 Å². The molecule has 0 bridgehead atoms. The number of ether oxygens (including phenoxy) is 1. The number of amides is 1. The summed E-state index contributed by atoms with van der Waals surface area (Å²) in [4.78, 5) is 29.5. The van der Waals surface area contributed by atoms with E-state index in [-0.39, 0.29) is 19.0 Å². The van der Waals surface area contributed by atoms with E-state index in [9.17, 15) is 35.9 Å². The number of para-hydroxylation sites is 1. The van der Waals surface area contributed by atoms with Crippen LogP contribution in [0.25, 0.3) is 10.9 Å². The number of nitrogens with zero attached hydrogens (tertiary/aromatic N) is 1. The number of fused-ring (bicyclic) bond motifs is 3. The summed E-state index contributed by atoms with van der Waals surface area (Å²) in [6.07, 6.45) is -9.94. The Kier molecular flexibility index (Phi) is 5.82. The molecule has 0 saturated heterocycles. The van der Waals surface area contributed by atoms with E-state index in [4.69, 9.17) is 4.74 Å². The number of carbonyl (C=O) groups excluding carboxylic acids is 2. The van der Waals surface area contributed by atoms with Crippen LogP contribution in [-0.4, -0.2) is 27.8 Å². The first-order valence-corrected chi connectivity index (χ1v) is 10.1. The molecule has 0 saturated carbocycles. The molecule has 0 aliphatic carbocycles. The van der Waals surface area contributed by atoms with Crippen molar-refractivity contribution in [3.63, 3.8) is 0 Å². The maximum Gasteiger partial charge on any atom is 0.416 e. The van der Waals surface area contributed by atoms with Crippen LogP contribution in [0.4, 0.5) is 26.3 Å². The van der Waals surface area contributed by atoms with Gasteiger partial charge in [-0.2, -0.15) is 26.3 Å². The SMILES string of the molecule is CC(=O)N1Cc2[nH]c3ccccc3c2C[C@H]1C(=O)OCc1cc(C(F)(F)F)cc(C(F)(F)F)c1. The highest BCUT2D eigenvalue weighted by Gasteiger charge is 2.38. The molecule has 1 aliphatic rings. The standard InChI is InChI=1S/C23H18F6N2O3/c1-12(32)31-10-19-17(16-4-2-3-5-18(16)30-19)9-20(31)21(33)34-11-13-6-14(22(24,25)26)8-15(7-13)23(27,28)29/h2-8,20,30H,9-11H2,1H3/t20-/m0/s1. The zero-order valence-corrected chi connectivity index (χ0v) is 17.7. The summed E-state index contributed by atoms with van der Waals surface area (Å²) in [5.74, 6) is -1.35. The van der Waals surface area contributed by atoms with Crippen molar-refractivity contribution >= 4 is 22.8 Å². The summed E-state index contributed by atoms with van der Waals surface area (Å²) >= 11 is 0. The van der Waals surface area contributed by atoms with Crippen molar-refractivity contribution in [3.8, 4) is 0 Å². The van der Waals surface area contributed by atoms with Crippen molar-refractivity contribution in [2.45, 2.75) is 44.9 Å². The lowest BCUT2D eigenvalue weighted by Crippen LogP contribution is -2.48. The zero-order valence-electron chi connectivity index (χ0n) is 17.7. The fourth-order valence-electron chi connectivity index (χ4n) is 4.10. The monoisotopic (exact) mass is 484 g/mol. The topological polar surface area (TPSA) is 62.4 Å². The van der Waals surface area contributed by atoms with Crippen LogP contribution in [-0.2, 0) is 46.3 Å². The van der Waals surface area contributed by atoms with Crippen LogP contribution in [0, 0.1) is 0 Å². The Labute approximate surface area is 189 Å². The molecule has 2 aromatic carbocycles. The minimum absolute atomic E-state index is 0.00246. The van der Waals surface area contributed by atoms with Crippen molar-refractivity contribution in [3.05, 3.63) is 70.4 Å². The fraction of sp³-hybridized carbons (Fsp3) is 0.304. The van der Waals surface area contributed by atoms with Gasteiger partial charge in [0.2, 0.25) is 5.91 Å². The van der Waals surface area contributed by atoms with Crippen molar-refractivity contribution in [2.24, 2.45) is 0 Å². The number of hydrogen-bond donors (Lipinski definition) is 1. The molecular weight excluding hydrogens is 466 g/mol. The molecule has 1 aliphatic heterocycles. The van der Waals surface area contributed by atoms with Crippen LogP contribution in [0.3, 0.4) is 0 Å². The summed E-state index contributed by atoms with van der Waals surface area (Å²) in [6.45, 7) is 0.534. The maximum atomic E-state index is 13.1. The average molecular weight is 484 g/mol. The van der Waals surface area contributed by atoms with Gasteiger partial charge in [-0.25, -0.2) is 4.79 Å². The van der Waals surface area contributed by atoms with Crippen molar-refractivity contribution in [1.82, 2.24) is 9.88 Å². The van der Waals surface area contributed by atoms with Crippen LogP contribution in [0.5, 0.6) is 0 Å². The molecule has 1 amide bonds. The Morgan fingerprint density at radius 2 is 1.65 bits per heavy atom. The number of halogens is 6. The highest BCUT2D eigenvalue weighted by molar-refractivity contribution is 5.89. The highest BCUT2D eigenvalue weighted by Crippen LogP contribution is 2.37. The zero-order chi connectivity index (χ0) is 24.8. The third-order valence-electron chi connectivity index (χ3n) is 5.71. The lowest BCUT2D eigenvalue weighted by Gasteiger charge is -2.33. The van der Waals surface area contributed by atoms with Crippen LogP contribution < -0.4 is 0 Å². The maximum absolute atomic E-state index is 13.1. The predicted molar refractivity (Wildman–Crippen MR) is 108 cm³/mol. The average Bonchev–Trinajstić information content (AvgIpc) is 3.13. The number of hydrogen-bond acceptors (Lipinski definition) is 3. The minimum Gasteiger partial charge on any atom is -0.459 e. The fourth-order valence-corrected chi connectivity index (χ4v) is 4.10. The highest BCUT2D eigenvalue weighted by atomic mass is 19.4. The number of esters is 1. The van der Waals surface area contributed by atoms with Gasteiger partial charge in [0.25, 0.3) is 0 Å². The molecule has 0 fully saturated rings. The number of H-pyrrole nitrogens is 1. The number of benzene rings is 2. The summed E-state index contributed by atoms with van der Waals surface area (Å²) in [5, 5.41) is 0.853. The summed E-state index contributed by atoms with van der Waals surface area (Å²) in [7, 11) is 0. The molecule has 0 spiro atoms. The Morgan fingerprint density at radius 3 is 2.24 bits per heavy atom. The molecular formula is C23H18F6N2O3. The summed E-state index contributed by atoms with van der Waals surface area (Å²) in [5.41, 5.74) is -1.11. The Balaban J connectivity index is 1.59. The molecule has 4 rings (SSSR count). The largest absolute Gasteiger partial charge is 0.459 e. The molecule has 34 heavy (non-hydrogen) atoms. The van der Waals surface area contributed by atoms with E-state index in [1.807, 2.05) is 24.3 Å². The van der Waals surface area contributed by atoms with Crippen LogP contribution in [0.2, 0.25) is 0 Å². The second-order valence-electron chi connectivity index (χ2n) is 8.02.